The molecule has 5 aromatic carbocycles. The molecule has 40 heavy (non-hydrogen) atoms. The molecule has 0 spiro atoms. The summed E-state index contributed by atoms with van der Waals surface area (Å²) in [5, 5.41) is 5.02. The minimum atomic E-state index is 0.993. The maximum absolute atomic E-state index is 4.62. The van der Waals surface area contributed by atoms with Crippen molar-refractivity contribution in [3.8, 4) is 44.6 Å². The van der Waals surface area contributed by atoms with Crippen LogP contribution in [-0.4, -0.2) is 9.97 Å². The molecule has 7 aromatic rings. The van der Waals surface area contributed by atoms with Gasteiger partial charge < -0.3 is 0 Å². The van der Waals surface area contributed by atoms with E-state index in [-0.39, 0.29) is 0 Å². The number of benzene rings is 5. The normalized spacial score (nSPS) is 11.2. The molecule has 7 rings (SSSR count). The van der Waals surface area contributed by atoms with E-state index < -0.39 is 0 Å². The standard InChI is InChI=1S/C38H28N2/c1-25-11-20-36(40-23-25)28-14-18-30(19-15-28)38-33-9-5-3-7-31(33)37(32-8-4-6-10-34(32)38)29-16-12-27(13-17-29)35-24-39-22-21-26(35)2/h3-24H,1-2H3. The maximum Gasteiger partial charge on any atom is 0.0702 e. The maximum atomic E-state index is 4.62. The minimum absolute atomic E-state index is 0.993. The monoisotopic (exact) mass is 512 g/mol. The number of fused-ring (bicyclic) bond motifs is 2. The Labute approximate surface area is 234 Å². The van der Waals surface area contributed by atoms with Gasteiger partial charge in [-0.15, -0.1) is 0 Å². The number of aromatic nitrogens is 2. The SMILES string of the molecule is Cc1ccc(-c2ccc(-c3c4ccccc4c(-c4ccc(-c5cnccc5C)cc4)c4ccccc34)cc2)nc1. The molecule has 0 amide bonds. The number of hydrogen-bond acceptors (Lipinski definition) is 2. The van der Waals surface area contributed by atoms with E-state index in [1.807, 2.05) is 18.6 Å². The van der Waals surface area contributed by atoms with Gasteiger partial charge in [0.1, 0.15) is 0 Å². The quantitative estimate of drug-likeness (QED) is 0.219. The van der Waals surface area contributed by atoms with Crippen molar-refractivity contribution in [3.05, 3.63) is 145 Å². The van der Waals surface area contributed by atoms with Crippen LogP contribution in [0.5, 0.6) is 0 Å². The molecule has 0 aliphatic rings. The third-order valence-corrected chi connectivity index (χ3v) is 7.84. The van der Waals surface area contributed by atoms with Crippen molar-refractivity contribution in [1.29, 1.82) is 0 Å². The van der Waals surface area contributed by atoms with Gasteiger partial charge in [0.25, 0.3) is 0 Å². The van der Waals surface area contributed by atoms with Crippen molar-refractivity contribution in [2.24, 2.45) is 0 Å². The van der Waals surface area contributed by atoms with Crippen LogP contribution in [0.4, 0.5) is 0 Å². The summed E-state index contributed by atoms with van der Waals surface area (Å²) >= 11 is 0. The third-order valence-electron chi connectivity index (χ3n) is 7.84. The Hall–Kier alpha value is -5.08. The number of nitrogens with zero attached hydrogens (tertiary/aromatic N) is 2. The van der Waals surface area contributed by atoms with Crippen LogP contribution in [0.3, 0.4) is 0 Å². The molecule has 0 saturated heterocycles. The first-order valence-corrected chi connectivity index (χ1v) is 13.7. The second-order valence-corrected chi connectivity index (χ2v) is 10.4. The van der Waals surface area contributed by atoms with E-state index in [4.69, 9.17) is 0 Å². The highest BCUT2D eigenvalue weighted by molar-refractivity contribution is 6.21. The van der Waals surface area contributed by atoms with Crippen molar-refractivity contribution >= 4 is 21.5 Å². The second-order valence-electron chi connectivity index (χ2n) is 10.4. The van der Waals surface area contributed by atoms with Crippen molar-refractivity contribution in [2.75, 3.05) is 0 Å². The lowest BCUT2D eigenvalue weighted by atomic mass is 9.85. The molecule has 2 aromatic heterocycles. The molecule has 0 saturated carbocycles. The van der Waals surface area contributed by atoms with Crippen LogP contribution in [0, 0.1) is 13.8 Å². The van der Waals surface area contributed by atoms with Gasteiger partial charge in [-0.2, -0.15) is 0 Å². The summed E-state index contributed by atoms with van der Waals surface area (Å²) < 4.78 is 0. The van der Waals surface area contributed by atoms with Gasteiger partial charge in [0.2, 0.25) is 0 Å². The van der Waals surface area contributed by atoms with Crippen LogP contribution in [0.2, 0.25) is 0 Å². The average molecular weight is 513 g/mol. The Bertz CT molecular complexity index is 1930. The molecular formula is C38H28N2. The van der Waals surface area contributed by atoms with Crippen molar-refractivity contribution in [2.45, 2.75) is 13.8 Å². The molecule has 0 bridgehead atoms. The molecule has 0 radical (unpaired) electrons. The molecule has 0 aliphatic carbocycles. The average Bonchev–Trinajstić information content (AvgIpc) is 3.01. The first-order valence-electron chi connectivity index (χ1n) is 13.7. The van der Waals surface area contributed by atoms with E-state index in [2.05, 4.69) is 139 Å². The third kappa shape index (κ3) is 4.15. The first kappa shape index (κ1) is 24.0. The molecule has 2 heterocycles. The van der Waals surface area contributed by atoms with Gasteiger partial charge in [0, 0.05) is 29.7 Å². The van der Waals surface area contributed by atoms with Crippen LogP contribution < -0.4 is 0 Å². The van der Waals surface area contributed by atoms with E-state index in [0.717, 1.165) is 11.3 Å². The van der Waals surface area contributed by atoms with Gasteiger partial charge in [-0.25, -0.2) is 0 Å². The molecule has 0 unspecified atom stereocenters. The fraction of sp³-hybridized carbons (Fsp3) is 0.0526. The Morgan fingerprint density at radius 3 is 1.43 bits per heavy atom. The van der Waals surface area contributed by atoms with Crippen LogP contribution in [0.25, 0.3) is 66.2 Å². The van der Waals surface area contributed by atoms with E-state index in [1.54, 1.807) is 0 Å². The molecule has 2 heteroatoms. The van der Waals surface area contributed by atoms with E-state index >= 15 is 0 Å². The van der Waals surface area contributed by atoms with Gasteiger partial charge in [-0.1, -0.05) is 103 Å². The number of hydrogen-bond donors (Lipinski definition) is 0. The highest BCUT2D eigenvalue weighted by Gasteiger charge is 2.16. The zero-order valence-electron chi connectivity index (χ0n) is 22.6. The van der Waals surface area contributed by atoms with Crippen LogP contribution in [0.15, 0.2) is 134 Å². The number of rotatable bonds is 4. The fourth-order valence-corrected chi connectivity index (χ4v) is 5.78. The van der Waals surface area contributed by atoms with Crippen LogP contribution in [-0.2, 0) is 0 Å². The summed E-state index contributed by atoms with van der Waals surface area (Å²) in [4.78, 5) is 8.97. The van der Waals surface area contributed by atoms with Gasteiger partial charge >= 0.3 is 0 Å². The van der Waals surface area contributed by atoms with Gasteiger partial charge in [-0.05, 0) is 86.5 Å². The highest BCUT2D eigenvalue weighted by atomic mass is 14.7. The zero-order valence-corrected chi connectivity index (χ0v) is 22.6. The molecule has 2 nitrogen and oxygen atoms in total. The lowest BCUT2D eigenvalue weighted by Gasteiger charge is -2.18. The molecule has 0 N–H and O–H groups in total. The van der Waals surface area contributed by atoms with Crippen molar-refractivity contribution in [1.82, 2.24) is 9.97 Å². The Morgan fingerprint density at radius 2 is 0.950 bits per heavy atom. The number of aryl methyl sites for hydroxylation is 2. The highest BCUT2D eigenvalue weighted by Crippen LogP contribution is 2.44. The predicted molar refractivity (Wildman–Crippen MR) is 168 cm³/mol. The minimum Gasteiger partial charge on any atom is -0.264 e. The summed E-state index contributed by atoms with van der Waals surface area (Å²) in [6, 6.07) is 41.6. The largest absolute Gasteiger partial charge is 0.264 e. The fourth-order valence-electron chi connectivity index (χ4n) is 5.78. The van der Waals surface area contributed by atoms with Gasteiger partial charge in [0.15, 0.2) is 0 Å². The zero-order chi connectivity index (χ0) is 27.1. The van der Waals surface area contributed by atoms with Crippen molar-refractivity contribution < 1.29 is 0 Å². The summed E-state index contributed by atoms with van der Waals surface area (Å²) in [6.07, 6.45) is 5.72. The van der Waals surface area contributed by atoms with Crippen LogP contribution in [0.1, 0.15) is 11.1 Å². The number of pyridine rings is 2. The molecule has 0 aliphatic heterocycles. The van der Waals surface area contributed by atoms with E-state index in [1.165, 1.54) is 66.1 Å². The Morgan fingerprint density at radius 1 is 0.450 bits per heavy atom. The predicted octanol–water partition coefficient (Wildman–Crippen LogP) is 10.1. The smallest absolute Gasteiger partial charge is 0.0702 e. The van der Waals surface area contributed by atoms with E-state index in [9.17, 15) is 0 Å². The van der Waals surface area contributed by atoms with Gasteiger partial charge in [-0.3, -0.25) is 9.97 Å². The molecule has 0 atom stereocenters. The Kier molecular flexibility index (Phi) is 5.94. The molecule has 0 fully saturated rings. The summed E-state index contributed by atoms with van der Waals surface area (Å²) in [6.45, 7) is 4.20. The summed E-state index contributed by atoms with van der Waals surface area (Å²) in [5.41, 5.74) is 11.8. The van der Waals surface area contributed by atoms with Crippen molar-refractivity contribution in [3.63, 3.8) is 0 Å². The Balaban J connectivity index is 1.40. The van der Waals surface area contributed by atoms with Gasteiger partial charge in [0.05, 0.1) is 5.69 Å². The first-order chi connectivity index (χ1) is 19.7. The summed E-state index contributed by atoms with van der Waals surface area (Å²) in [7, 11) is 0. The summed E-state index contributed by atoms with van der Waals surface area (Å²) in [5.74, 6) is 0. The molecular weight excluding hydrogens is 484 g/mol. The van der Waals surface area contributed by atoms with Crippen LogP contribution >= 0.6 is 0 Å². The topological polar surface area (TPSA) is 25.8 Å². The lowest BCUT2D eigenvalue weighted by Crippen LogP contribution is -1.91. The second kappa shape index (κ2) is 9.91. The lowest BCUT2D eigenvalue weighted by molar-refractivity contribution is 1.27. The van der Waals surface area contributed by atoms with E-state index in [0.29, 0.717) is 0 Å². The molecule has 190 valence electrons.